The summed E-state index contributed by atoms with van der Waals surface area (Å²) >= 11 is 1.14. The summed E-state index contributed by atoms with van der Waals surface area (Å²) in [4.78, 5) is 27.5. The minimum absolute atomic E-state index is 0.146. The molecule has 9 heteroatoms. The highest BCUT2D eigenvalue weighted by atomic mass is 32.2. The Morgan fingerprint density at radius 2 is 1.75 bits per heavy atom. The minimum Gasteiger partial charge on any atom is -0.494 e. The minimum atomic E-state index is -3.90. The molecule has 2 amide bonds. The summed E-state index contributed by atoms with van der Waals surface area (Å²) in [7, 11) is -3.90. The maximum atomic E-state index is 13.6. The summed E-state index contributed by atoms with van der Waals surface area (Å²) in [6.07, 6.45) is 5.19. The molecule has 1 atom stereocenters. The highest BCUT2D eigenvalue weighted by Crippen LogP contribution is 2.36. The van der Waals surface area contributed by atoms with E-state index < -0.39 is 22.0 Å². The van der Waals surface area contributed by atoms with E-state index in [4.69, 9.17) is 4.74 Å². The SMILES string of the molecule is CCOc1ccc(N2C(=O)CC(N(C3CCCCCC3)S(=O)(=O)c3cccs3)C2=O)cc1. The average molecular weight is 477 g/mol. The first kappa shape index (κ1) is 22.9. The van der Waals surface area contributed by atoms with Crippen molar-refractivity contribution in [3.8, 4) is 5.75 Å². The van der Waals surface area contributed by atoms with Gasteiger partial charge in [-0.3, -0.25) is 9.59 Å². The number of sulfonamides is 1. The molecule has 0 radical (unpaired) electrons. The molecule has 32 heavy (non-hydrogen) atoms. The second-order valence-corrected chi connectivity index (χ2v) is 11.1. The van der Waals surface area contributed by atoms with Crippen LogP contribution in [0.25, 0.3) is 0 Å². The number of amides is 2. The van der Waals surface area contributed by atoms with Crippen LogP contribution >= 0.6 is 11.3 Å². The van der Waals surface area contributed by atoms with Gasteiger partial charge in [0, 0.05) is 6.04 Å². The third-order valence-corrected chi connectivity index (χ3v) is 9.38. The van der Waals surface area contributed by atoms with Crippen LogP contribution in [0.3, 0.4) is 0 Å². The van der Waals surface area contributed by atoms with Crippen LogP contribution in [-0.4, -0.2) is 43.2 Å². The number of carbonyl (C=O) groups is 2. The number of ether oxygens (including phenoxy) is 1. The maximum absolute atomic E-state index is 13.6. The van der Waals surface area contributed by atoms with Gasteiger partial charge in [-0.25, -0.2) is 13.3 Å². The molecule has 0 N–H and O–H groups in total. The molecule has 2 fully saturated rings. The van der Waals surface area contributed by atoms with E-state index in [9.17, 15) is 18.0 Å². The number of benzene rings is 1. The van der Waals surface area contributed by atoms with Gasteiger partial charge in [0.2, 0.25) is 5.91 Å². The van der Waals surface area contributed by atoms with E-state index in [1.807, 2.05) is 6.92 Å². The van der Waals surface area contributed by atoms with Crippen LogP contribution in [0.5, 0.6) is 5.75 Å². The van der Waals surface area contributed by atoms with Gasteiger partial charge in [0.1, 0.15) is 16.0 Å². The molecular weight excluding hydrogens is 448 g/mol. The van der Waals surface area contributed by atoms with Gasteiger partial charge in [0.05, 0.1) is 18.7 Å². The van der Waals surface area contributed by atoms with Crippen molar-refractivity contribution in [3.63, 3.8) is 0 Å². The number of hydrogen-bond acceptors (Lipinski definition) is 6. The molecule has 172 valence electrons. The molecule has 2 aromatic rings. The number of thiophene rings is 1. The van der Waals surface area contributed by atoms with Crippen LogP contribution in [0.4, 0.5) is 5.69 Å². The van der Waals surface area contributed by atoms with E-state index in [-0.39, 0.29) is 22.6 Å². The predicted octanol–water partition coefficient (Wildman–Crippen LogP) is 4.19. The first-order valence-electron chi connectivity index (χ1n) is 11.1. The van der Waals surface area contributed by atoms with Crippen LogP contribution in [-0.2, 0) is 19.6 Å². The Kier molecular flexibility index (Phi) is 6.97. The Bertz CT molecular complexity index is 1040. The highest BCUT2D eigenvalue weighted by Gasteiger charge is 2.49. The van der Waals surface area contributed by atoms with Crippen molar-refractivity contribution in [2.24, 2.45) is 0 Å². The lowest BCUT2D eigenvalue weighted by Crippen LogP contribution is -2.50. The van der Waals surface area contributed by atoms with Crippen molar-refractivity contribution < 1.29 is 22.7 Å². The first-order chi connectivity index (χ1) is 15.4. The Morgan fingerprint density at radius 3 is 2.34 bits per heavy atom. The lowest BCUT2D eigenvalue weighted by atomic mass is 10.1. The fourth-order valence-electron chi connectivity index (χ4n) is 4.59. The summed E-state index contributed by atoms with van der Waals surface area (Å²) in [6, 6.07) is 8.68. The molecular formula is C23H28N2O5S2. The lowest BCUT2D eigenvalue weighted by Gasteiger charge is -2.33. The number of rotatable bonds is 7. The third-order valence-electron chi connectivity index (χ3n) is 6.05. The molecule has 1 aliphatic heterocycles. The van der Waals surface area contributed by atoms with Crippen LogP contribution < -0.4 is 9.64 Å². The van der Waals surface area contributed by atoms with Gasteiger partial charge < -0.3 is 4.74 Å². The van der Waals surface area contributed by atoms with Gasteiger partial charge in [-0.15, -0.1) is 11.3 Å². The number of hydrogen-bond donors (Lipinski definition) is 0. The third kappa shape index (κ3) is 4.46. The Hall–Kier alpha value is -2.23. The number of nitrogens with zero attached hydrogens (tertiary/aromatic N) is 2. The summed E-state index contributed by atoms with van der Waals surface area (Å²) in [5, 5.41) is 1.71. The molecule has 1 aromatic heterocycles. The molecule has 1 saturated heterocycles. The van der Waals surface area contributed by atoms with Crippen molar-refractivity contribution in [1.29, 1.82) is 0 Å². The van der Waals surface area contributed by atoms with Crippen LogP contribution in [0.1, 0.15) is 51.9 Å². The van der Waals surface area contributed by atoms with Gasteiger partial charge in [-0.1, -0.05) is 31.7 Å². The average Bonchev–Trinajstić information content (AvgIpc) is 3.32. The normalized spacial score (nSPS) is 20.7. The second kappa shape index (κ2) is 9.72. The zero-order valence-electron chi connectivity index (χ0n) is 18.1. The number of imide groups is 1. The standard InChI is InChI=1S/C23H28N2O5S2/c1-2-30-19-13-11-17(12-14-19)24-21(26)16-20(23(24)27)25(18-8-5-3-4-6-9-18)32(28,29)22-10-7-15-31-22/h7,10-15,18,20H,2-6,8-9,16H2,1H3. The van der Waals surface area contributed by atoms with E-state index in [2.05, 4.69) is 0 Å². The Labute approximate surface area is 193 Å². The van der Waals surface area contributed by atoms with Crippen molar-refractivity contribution in [1.82, 2.24) is 4.31 Å². The molecule has 1 unspecified atom stereocenters. The monoisotopic (exact) mass is 476 g/mol. The van der Waals surface area contributed by atoms with E-state index >= 15 is 0 Å². The van der Waals surface area contributed by atoms with E-state index in [0.29, 0.717) is 30.9 Å². The van der Waals surface area contributed by atoms with Crippen molar-refractivity contribution in [3.05, 3.63) is 41.8 Å². The fraction of sp³-hybridized carbons (Fsp3) is 0.478. The zero-order chi connectivity index (χ0) is 22.7. The first-order valence-corrected chi connectivity index (χ1v) is 13.4. The van der Waals surface area contributed by atoms with Crippen LogP contribution in [0.2, 0.25) is 0 Å². The van der Waals surface area contributed by atoms with E-state index in [0.717, 1.165) is 41.9 Å². The largest absolute Gasteiger partial charge is 0.494 e. The van der Waals surface area contributed by atoms with E-state index in [1.54, 1.807) is 41.8 Å². The molecule has 1 aromatic carbocycles. The fourth-order valence-corrected chi connectivity index (χ4v) is 7.51. The van der Waals surface area contributed by atoms with Gasteiger partial charge in [-0.2, -0.15) is 4.31 Å². The summed E-state index contributed by atoms with van der Waals surface area (Å²) in [6.45, 7) is 2.39. The summed E-state index contributed by atoms with van der Waals surface area (Å²) in [5.74, 6) is -0.222. The lowest BCUT2D eigenvalue weighted by molar-refractivity contribution is -0.122. The molecule has 0 bridgehead atoms. The Morgan fingerprint density at radius 1 is 1.06 bits per heavy atom. The highest BCUT2D eigenvalue weighted by molar-refractivity contribution is 7.91. The van der Waals surface area contributed by atoms with E-state index in [1.165, 1.54) is 4.31 Å². The van der Waals surface area contributed by atoms with Crippen molar-refractivity contribution in [2.75, 3.05) is 11.5 Å². The smallest absolute Gasteiger partial charge is 0.253 e. The van der Waals surface area contributed by atoms with Crippen molar-refractivity contribution >= 4 is 38.9 Å². The maximum Gasteiger partial charge on any atom is 0.253 e. The predicted molar refractivity (Wildman–Crippen MR) is 123 cm³/mol. The molecule has 7 nitrogen and oxygen atoms in total. The van der Waals surface area contributed by atoms with Gasteiger partial charge in [0.15, 0.2) is 0 Å². The van der Waals surface area contributed by atoms with Crippen LogP contribution in [0, 0.1) is 0 Å². The van der Waals surface area contributed by atoms with Gasteiger partial charge in [-0.05, 0) is 55.5 Å². The Balaban J connectivity index is 1.68. The number of carbonyl (C=O) groups excluding carboxylic acids is 2. The topological polar surface area (TPSA) is 84.0 Å². The number of anilines is 1. The molecule has 2 heterocycles. The second-order valence-electron chi connectivity index (χ2n) is 8.13. The zero-order valence-corrected chi connectivity index (χ0v) is 19.7. The molecule has 4 rings (SSSR count). The van der Waals surface area contributed by atoms with Gasteiger partial charge in [0.25, 0.3) is 15.9 Å². The molecule has 1 aliphatic carbocycles. The summed E-state index contributed by atoms with van der Waals surface area (Å²) < 4.78 is 34.3. The van der Waals surface area contributed by atoms with Crippen molar-refractivity contribution in [2.45, 2.75) is 68.2 Å². The molecule has 1 saturated carbocycles. The molecule has 0 spiro atoms. The summed E-state index contributed by atoms with van der Waals surface area (Å²) in [5.41, 5.74) is 0.431. The quantitative estimate of drug-likeness (QED) is 0.442. The van der Waals surface area contributed by atoms with Crippen LogP contribution in [0.15, 0.2) is 46.0 Å². The van der Waals surface area contributed by atoms with Gasteiger partial charge >= 0.3 is 0 Å². The molecule has 2 aliphatic rings.